The normalized spacial score (nSPS) is 24.7. The zero-order chi connectivity index (χ0) is 11.0. The Morgan fingerprint density at radius 1 is 1.31 bits per heavy atom. The van der Waals surface area contributed by atoms with Gasteiger partial charge in [-0.1, -0.05) is 18.2 Å². The molecular weight excluding hydrogens is 198 g/mol. The predicted octanol–water partition coefficient (Wildman–Crippen LogP) is 2.90. The molecular formula is C13H13N3. The van der Waals surface area contributed by atoms with Crippen LogP contribution in [0.5, 0.6) is 0 Å². The molecule has 0 amide bonds. The minimum atomic E-state index is 0.128. The van der Waals surface area contributed by atoms with Gasteiger partial charge in [0.1, 0.15) is 0 Å². The van der Waals surface area contributed by atoms with Gasteiger partial charge in [0, 0.05) is 5.39 Å². The highest BCUT2D eigenvalue weighted by Crippen LogP contribution is 2.36. The van der Waals surface area contributed by atoms with Crippen molar-refractivity contribution in [2.24, 2.45) is 5.92 Å². The Labute approximate surface area is 94.3 Å². The van der Waals surface area contributed by atoms with Crippen molar-refractivity contribution in [1.82, 2.24) is 9.78 Å². The van der Waals surface area contributed by atoms with Crippen LogP contribution in [0.1, 0.15) is 25.3 Å². The van der Waals surface area contributed by atoms with Gasteiger partial charge in [-0.3, -0.25) is 4.68 Å². The maximum absolute atomic E-state index is 9.12. The number of nitriles is 1. The van der Waals surface area contributed by atoms with Crippen LogP contribution in [0.3, 0.4) is 0 Å². The SMILES string of the molecule is N#CC1CCCC1n1ncc2ccccc21. The molecule has 0 radical (unpaired) electrons. The molecule has 2 unspecified atom stereocenters. The fraction of sp³-hybridized carbons (Fsp3) is 0.385. The molecule has 2 atom stereocenters. The smallest absolute Gasteiger partial charge is 0.0688 e. The van der Waals surface area contributed by atoms with Crippen LogP contribution in [-0.4, -0.2) is 9.78 Å². The predicted molar refractivity (Wildman–Crippen MR) is 61.7 cm³/mol. The van der Waals surface area contributed by atoms with E-state index in [9.17, 15) is 0 Å². The van der Waals surface area contributed by atoms with Gasteiger partial charge in [0.25, 0.3) is 0 Å². The van der Waals surface area contributed by atoms with Gasteiger partial charge in [-0.25, -0.2) is 0 Å². The second-order valence-electron chi connectivity index (χ2n) is 4.38. The van der Waals surface area contributed by atoms with Gasteiger partial charge < -0.3 is 0 Å². The Balaban J connectivity index is 2.09. The molecule has 80 valence electrons. The number of rotatable bonds is 1. The third kappa shape index (κ3) is 1.30. The Morgan fingerprint density at radius 3 is 3.06 bits per heavy atom. The first-order chi connectivity index (χ1) is 7.90. The lowest BCUT2D eigenvalue weighted by Gasteiger charge is -2.15. The summed E-state index contributed by atoms with van der Waals surface area (Å²) in [5.41, 5.74) is 1.15. The van der Waals surface area contributed by atoms with Crippen molar-refractivity contribution in [3.05, 3.63) is 30.5 Å². The number of aromatic nitrogens is 2. The van der Waals surface area contributed by atoms with Crippen molar-refractivity contribution in [3.8, 4) is 6.07 Å². The molecule has 0 bridgehead atoms. The van der Waals surface area contributed by atoms with Gasteiger partial charge in [0.2, 0.25) is 0 Å². The topological polar surface area (TPSA) is 41.6 Å². The average Bonchev–Trinajstić information content (AvgIpc) is 2.94. The molecule has 3 nitrogen and oxygen atoms in total. The van der Waals surface area contributed by atoms with Crippen molar-refractivity contribution in [2.45, 2.75) is 25.3 Å². The molecule has 1 aliphatic rings. The van der Waals surface area contributed by atoms with Gasteiger partial charge in [0.15, 0.2) is 0 Å². The van der Waals surface area contributed by atoms with E-state index in [1.807, 2.05) is 23.0 Å². The van der Waals surface area contributed by atoms with E-state index in [0.717, 1.165) is 30.2 Å². The number of nitrogens with zero attached hydrogens (tertiary/aromatic N) is 3. The van der Waals surface area contributed by atoms with Gasteiger partial charge in [-0.05, 0) is 25.3 Å². The van der Waals surface area contributed by atoms with E-state index in [1.54, 1.807) is 0 Å². The van der Waals surface area contributed by atoms with Crippen LogP contribution in [0.15, 0.2) is 30.5 Å². The van der Waals surface area contributed by atoms with Crippen LogP contribution in [0.25, 0.3) is 10.9 Å². The zero-order valence-electron chi connectivity index (χ0n) is 9.00. The molecule has 3 rings (SSSR count). The Bertz CT molecular complexity index is 550. The molecule has 1 heterocycles. The molecule has 0 aliphatic heterocycles. The fourth-order valence-electron chi connectivity index (χ4n) is 2.64. The van der Waals surface area contributed by atoms with Crippen molar-refractivity contribution >= 4 is 10.9 Å². The summed E-state index contributed by atoms with van der Waals surface area (Å²) in [5, 5.41) is 14.7. The van der Waals surface area contributed by atoms with E-state index in [4.69, 9.17) is 5.26 Å². The average molecular weight is 211 g/mol. The first-order valence-corrected chi connectivity index (χ1v) is 5.72. The van der Waals surface area contributed by atoms with Crippen molar-refractivity contribution in [2.75, 3.05) is 0 Å². The molecule has 0 spiro atoms. The third-order valence-electron chi connectivity index (χ3n) is 3.46. The van der Waals surface area contributed by atoms with Crippen molar-refractivity contribution in [1.29, 1.82) is 5.26 Å². The minimum Gasteiger partial charge on any atom is -0.260 e. The summed E-state index contributed by atoms with van der Waals surface area (Å²) in [5.74, 6) is 0.128. The lowest BCUT2D eigenvalue weighted by atomic mass is 10.1. The number of hydrogen-bond donors (Lipinski definition) is 0. The van der Waals surface area contributed by atoms with Crippen LogP contribution in [0.2, 0.25) is 0 Å². The van der Waals surface area contributed by atoms with Gasteiger partial charge in [0.05, 0.1) is 29.7 Å². The summed E-state index contributed by atoms with van der Waals surface area (Å²) in [4.78, 5) is 0. The van der Waals surface area contributed by atoms with E-state index < -0.39 is 0 Å². The van der Waals surface area contributed by atoms with Gasteiger partial charge in [-0.15, -0.1) is 0 Å². The number of para-hydroxylation sites is 1. The van der Waals surface area contributed by atoms with Crippen LogP contribution < -0.4 is 0 Å². The number of hydrogen-bond acceptors (Lipinski definition) is 2. The highest BCUT2D eigenvalue weighted by molar-refractivity contribution is 5.78. The van der Waals surface area contributed by atoms with Crippen LogP contribution in [0.4, 0.5) is 0 Å². The van der Waals surface area contributed by atoms with Crippen molar-refractivity contribution in [3.63, 3.8) is 0 Å². The van der Waals surface area contributed by atoms with E-state index in [-0.39, 0.29) is 12.0 Å². The second kappa shape index (κ2) is 3.64. The molecule has 0 saturated heterocycles. The molecule has 1 aliphatic carbocycles. The standard InChI is InChI=1S/C13H13N3/c14-8-10-5-3-7-12(10)16-13-6-2-1-4-11(13)9-15-16/h1-2,4,6,9-10,12H,3,5,7H2. The van der Waals surface area contributed by atoms with Gasteiger partial charge in [-0.2, -0.15) is 10.4 Å². The fourth-order valence-corrected chi connectivity index (χ4v) is 2.64. The molecule has 3 heteroatoms. The highest BCUT2D eigenvalue weighted by atomic mass is 15.3. The second-order valence-corrected chi connectivity index (χ2v) is 4.38. The molecule has 2 aromatic rings. The first kappa shape index (κ1) is 9.41. The summed E-state index contributed by atoms with van der Waals surface area (Å²) in [6.07, 6.45) is 5.11. The molecule has 0 N–H and O–H groups in total. The van der Waals surface area contributed by atoms with Crippen LogP contribution in [0, 0.1) is 17.2 Å². The van der Waals surface area contributed by atoms with Gasteiger partial charge >= 0.3 is 0 Å². The largest absolute Gasteiger partial charge is 0.260 e. The van der Waals surface area contributed by atoms with Crippen LogP contribution in [-0.2, 0) is 0 Å². The quantitative estimate of drug-likeness (QED) is 0.727. The lowest BCUT2D eigenvalue weighted by Crippen LogP contribution is -2.13. The molecule has 1 saturated carbocycles. The van der Waals surface area contributed by atoms with Crippen LogP contribution >= 0.6 is 0 Å². The monoisotopic (exact) mass is 211 g/mol. The maximum atomic E-state index is 9.12. The Hall–Kier alpha value is -1.82. The maximum Gasteiger partial charge on any atom is 0.0688 e. The summed E-state index contributed by atoms with van der Waals surface area (Å²) >= 11 is 0. The number of benzene rings is 1. The third-order valence-corrected chi connectivity index (χ3v) is 3.46. The Morgan fingerprint density at radius 2 is 2.19 bits per heavy atom. The molecule has 16 heavy (non-hydrogen) atoms. The van der Waals surface area contributed by atoms with E-state index in [1.165, 1.54) is 0 Å². The number of fused-ring (bicyclic) bond motifs is 1. The lowest BCUT2D eigenvalue weighted by molar-refractivity contribution is 0.421. The van der Waals surface area contributed by atoms with E-state index >= 15 is 0 Å². The van der Waals surface area contributed by atoms with E-state index in [0.29, 0.717) is 0 Å². The zero-order valence-corrected chi connectivity index (χ0v) is 9.00. The molecule has 1 fully saturated rings. The van der Waals surface area contributed by atoms with Crippen molar-refractivity contribution < 1.29 is 0 Å². The van der Waals surface area contributed by atoms with E-state index in [2.05, 4.69) is 23.3 Å². The summed E-state index contributed by atoms with van der Waals surface area (Å²) in [6.45, 7) is 0. The Kier molecular flexibility index (Phi) is 2.14. The summed E-state index contributed by atoms with van der Waals surface area (Å²) in [6, 6.07) is 10.9. The minimum absolute atomic E-state index is 0.128. The summed E-state index contributed by atoms with van der Waals surface area (Å²) in [7, 11) is 0. The first-order valence-electron chi connectivity index (χ1n) is 5.72. The summed E-state index contributed by atoms with van der Waals surface area (Å²) < 4.78 is 2.04. The highest BCUT2D eigenvalue weighted by Gasteiger charge is 2.29. The molecule has 1 aromatic carbocycles. The molecule has 1 aromatic heterocycles.